The van der Waals surface area contributed by atoms with Crippen LogP contribution in [0.5, 0.6) is 0 Å². The van der Waals surface area contributed by atoms with Crippen LogP contribution in [0.4, 0.5) is 9.52 Å². The van der Waals surface area contributed by atoms with Crippen LogP contribution in [0.3, 0.4) is 0 Å². The molecule has 2 aromatic rings. The van der Waals surface area contributed by atoms with Crippen molar-refractivity contribution in [1.29, 1.82) is 0 Å². The summed E-state index contributed by atoms with van der Waals surface area (Å²) in [5, 5.41) is 14.6. The molecule has 1 aliphatic rings. The number of rotatable bonds is 6. The van der Waals surface area contributed by atoms with Gasteiger partial charge in [-0.05, 0) is 24.6 Å². The molecule has 1 unspecified atom stereocenters. The largest absolute Gasteiger partial charge is 0.508 e. The molecule has 8 heteroatoms. The minimum atomic E-state index is -1.31. The first-order valence-corrected chi connectivity index (χ1v) is 9.21. The number of hydrogen-bond donors (Lipinski definition) is 2. The summed E-state index contributed by atoms with van der Waals surface area (Å²) in [7, 11) is 0. The number of aromatic nitrogens is 1. The molecular formula is C20H18FN3O3S. The van der Waals surface area contributed by atoms with E-state index in [1.165, 1.54) is 22.4 Å². The molecule has 0 radical (unpaired) electrons. The Balaban J connectivity index is 2.03. The second kappa shape index (κ2) is 7.77. The van der Waals surface area contributed by atoms with Crippen LogP contribution < -0.4 is 5.32 Å². The van der Waals surface area contributed by atoms with Crippen LogP contribution >= 0.6 is 11.3 Å². The monoisotopic (exact) mass is 399 g/mol. The zero-order valence-electron chi connectivity index (χ0n) is 15.1. The van der Waals surface area contributed by atoms with Crippen molar-refractivity contribution in [3.8, 4) is 0 Å². The third-order valence-corrected chi connectivity index (χ3v) is 4.95. The van der Waals surface area contributed by atoms with Crippen LogP contribution in [0.15, 0.2) is 66.2 Å². The summed E-state index contributed by atoms with van der Waals surface area (Å²) in [5.41, 5.74) is 1.95. The van der Waals surface area contributed by atoms with Crippen molar-refractivity contribution in [3.63, 3.8) is 0 Å². The highest BCUT2D eigenvalue weighted by Gasteiger charge is 2.39. The molecule has 144 valence electrons. The molecular weight excluding hydrogens is 381 g/mol. The normalized spacial score (nSPS) is 14.6. The third-order valence-electron chi connectivity index (χ3n) is 4.26. The minimum Gasteiger partial charge on any atom is -0.508 e. The fourth-order valence-electron chi connectivity index (χ4n) is 3.04. The number of nitrogens with zero attached hydrogens (tertiary/aromatic N) is 2. The number of aliphatic hydroxyl groups is 1. The molecule has 1 atom stereocenters. The summed E-state index contributed by atoms with van der Waals surface area (Å²) < 4.78 is 13.5. The Kier molecular flexibility index (Phi) is 5.41. The number of hydrogen-bond acceptors (Lipinski definition) is 5. The number of halogens is 1. The van der Waals surface area contributed by atoms with Crippen molar-refractivity contribution in [2.45, 2.75) is 19.5 Å². The molecule has 1 aromatic carbocycles. The minimum absolute atomic E-state index is 0.133. The Labute approximate surface area is 165 Å². The number of allylic oxidation sites excluding steroid dienone is 2. The van der Waals surface area contributed by atoms with Crippen molar-refractivity contribution in [2.75, 3.05) is 5.32 Å². The number of benzene rings is 1. The van der Waals surface area contributed by atoms with Gasteiger partial charge in [-0.25, -0.2) is 9.37 Å². The maximum atomic E-state index is 13.5. The van der Waals surface area contributed by atoms with Gasteiger partial charge in [0.1, 0.15) is 17.6 Å². The number of carbonyl (C=O) groups excluding carboxylic acids is 2. The Morgan fingerprint density at radius 3 is 2.82 bits per heavy atom. The van der Waals surface area contributed by atoms with Gasteiger partial charge in [-0.1, -0.05) is 30.9 Å². The van der Waals surface area contributed by atoms with E-state index in [0.717, 1.165) is 17.2 Å². The number of aryl methyl sites for hydroxylation is 1. The molecule has 2 amide bonds. The van der Waals surface area contributed by atoms with Crippen molar-refractivity contribution < 1.29 is 19.1 Å². The molecule has 6 nitrogen and oxygen atoms in total. The first kappa shape index (κ1) is 19.5. The number of aliphatic hydroxyl groups excluding tert-OH is 1. The highest BCUT2D eigenvalue weighted by Crippen LogP contribution is 2.30. The van der Waals surface area contributed by atoms with Crippen molar-refractivity contribution in [2.24, 2.45) is 0 Å². The fourth-order valence-corrected chi connectivity index (χ4v) is 3.58. The van der Waals surface area contributed by atoms with Gasteiger partial charge in [-0.3, -0.25) is 14.9 Å². The van der Waals surface area contributed by atoms with Gasteiger partial charge in [0.25, 0.3) is 11.8 Å². The van der Waals surface area contributed by atoms with Gasteiger partial charge in [0.15, 0.2) is 5.13 Å². The molecule has 0 aliphatic carbocycles. The van der Waals surface area contributed by atoms with Crippen LogP contribution in [0.25, 0.3) is 0 Å². The lowest BCUT2D eigenvalue weighted by atomic mass is 10.0. The van der Waals surface area contributed by atoms with E-state index in [0.29, 0.717) is 10.7 Å². The van der Waals surface area contributed by atoms with Crippen LogP contribution in [0, 0.1) is 6.92 Å². The smallest absolute Gasteiger partial charge is 0.255 e. The van der Waals surface area contributed by atoms with E-state index in [-0.39, 0.29) is 12.1 Å². The zero-order chi connectivity index (χ0) is 20.4. The molecule has 0 saturated heterocycles. The third kappa shape index (κ3) is 3.86. The standard InChI is InChI=1S/C20H18FN3O3S/c1-11-4-5-14-10-24(19(27)16(14)8-11)17(15(13(3)25)9-12(2)21)18(26)23-20-22-6-7-28-20/h4-9,17,25H,2-3,10H2,1H3,(H,22,23,26)/b15-9+. The molecule has 3 rings (SSSR count). The summed E-state index contributed by atoms with van der Waals surface area (Å²) in [5.74, 6) is -2.44. The van der Waals surface area contributed by atoms with Crippen molar-refractivity contribution in [3.05, 3.63) is 82.9 Å². The first-order chi connectivity index (χ1) is 13.3. The quantitative estimate of drug-likeness (QED) is 0.570. The zero-order valence-corrected chi connectivity index (χ0v) is 15.9. The second-order valence-electron chi connectivity index (χ2n) is 6.32. The van der Waals surface area contributed by atoms with E-state index in [4.69, 9.17) is 0 Å². The number of thiazole rings is 1. The van der Waals surface area contributed by atoms with E-state index in [2.05, 4.69) is 23.5 Å². The van der Waals surface area contributed by atoms with Crippen molar-refractivity contribution in [1.82, 2.24) is 9.88 Å². The van der Waals surface area contributed by atoms with Crippen molar-refractivity contribution >= 4 is 28.3 Å². The lowest BCUT2D eigenvalue weighted by Crippen LogP contribution is -2.46. The Hall–Kier alpha value is -3.26. The molecule has 1 aromatic heterocycles. The number of amides is 2. The van der Waals surface area contributed by atoms with Gasteiger partial charge < -0.3 is 10.0 Å². The van der Waals surface area contributed by atoms with Gasteiger partial charge >= 0.3 is 0 Å². The van der Waals surface area contributed by atoms with Crippen LogP contribution in [0.2, 0.25) is 0 Å². The number of nitrogens with one attached hydrogen (secondary N) is 1. The van der Waals surface area contributed by atoms with Gasteiger partial charge in [0.05, 0.1) is 0 Å². The lowest BCUT2D eigenvalue weighted by Gasteiger charge is -2.28. The average molecular weight is 399 g/mol. The fraction of sp³-hybridized carbons (Fsp3) is 0.150. The number of carbonyl (C=O) groups is 2. The summed E-state index contributed by atoms with van der Waals surface area (Å²) in [6, 6.07) is 4.10. The molecule has 2 heterocycles. The van der Waals surface area contributed by atoms with E-state index in [1.807, 2.05) is 19.1 Å². The van der Waals surface area contributed by atoms with Crippen LogP contribution in [-0.2, 0) is 11.3 Å². The lowest BCUT2D eigenvalue weighted by molar-refractivity contribution is -0.119. The maximum absolute atomic E-state index is 13.5. The summed E-state index contributed by atoms with van der Waals surface area (Å²) >= 11 is 1.19. The molecule has 0 fully saturated rings. The van der Waals surface area contributed by atoms with Gasteiger partial charge in [0.2, 0.25) is 0 Å². The Morgan fingerprint density at radius 1 is 1.46 bits per heavy atom. The number of anilines is 1. The Bertz CT molecular complexity index is 998. The molecule has 0 bridgehead atoms. The first-order valence-electron chi connectivity index (χ1n) is 8.33. The van der Waals surface area contributed by atoms with Gasteiger partial charge in [0, 0.05) is 29.3 Å². The highest BCUT2D eigenvalue weighted by atomic mass is 32.1. The van der Waals surface area contributed by atoms with Crippen LogP contribution in [0.1, 0.15) is 21.5 Å². The predicted molar refractivity (Wildman–Crippen MR) is 106 cm³/mol. The van der Waals surface area contributed by atoms with Crippen LogP contribution in [-0.4, -0.2) is 32.8 Å². The highest BCUT2D eigenvalue weighted by molar-refractivity contribution is 7.13. The second-order valence-corrected chi connectivity index (χ2v) is 7.21. The van der Waals surface area contributed by atoms with E-state index in [1.54, 1.807) is 11.4 Å². The van der Waals surface area contributed by atoms with Gasteiger partial charge in [-0.2, -0.15) is 0 Å². The maximum Gasteiger partial charge on any atom is 0.255 e. The molecule has 1 aliphatic heterocycles. The SMILES string of the molecule is C=C(F)/C=C(\C(=C)O)C(C(=O)Nc1nccs1)N1Cc2ccc(C)cc2C1=O. The van der Waals surface area contributed by atoms with E-state index in [9.17, 15) is 19.1 Å². The topological polar surface area (TPSA) is 82.5 Å². The Morgan fingerprint density at radius 2 is 2.21 bits per heavy atom. The van der Waals surface area contributed by atoms with E-state index < -0.39 is 29.4 Å². The molecule has 0 spiro atoms. The molecule has 28 heavy (non-hydrogen) atoms. The molecule has 0 saturated carbocycles. The number of fused-ring (bicyclic) bond motifs is 1. The summed E-state index contributed by atoms with van der Waals surface area (Å²) in [6.45, 7) is 8.56. The average Bonchev–Trinajstić information content (AvgIpc) is 3.23. The summed E-state index contributed by atoms with van der Waals surface area (Å²) in [6.07, 6.45) is 2.41. The van der Waals surface area contributed by atoms with Gasteiger partial charge in [-0.15, -0.1) is 11.3 Å². The molecule has 2 N–H and O–H groups in total. The summed E-state index contributed by atoms with van der Waals surface area (Å²) in [4.78, 5) is 31.2. The predicted octanol–water partition coefficient (Wildman–Crippen LogP) is 3.90. The van der Waals surface area contributed by atoms with E-state index >= 15 is 0 Å².